The number of piperidine rings is 1. The highest BCUT2D eigenvalue weighted by molar-refractivity contribution is 6.10. The van der Waals surface area contributed by atoms with Crippen molar-refractivity contribution in [1.82, 2.24) is 10.2 Å². The monoisotopic (exact) mass is 468 g/mol. The lowest BCUT2D eigenvalue weighted by atomic mass is 9.97. The van der Waals surface area contributed by atoms with Gasteiger partial charge in [-0.15, -0.1) is 0 Å². The summed E-state index contributed by atoms with van der Waals surface area (Å²) >= 11 is 0. The number of carbonyl (C=O) groups is 3. The third-order valence-electron chi connectivity index (χ3n) is 5.99. The minimum Gasteiger partial charge on any atom is -0.466 e. The molecule has 2 aliphatic heterocycles. The molecule has 2 aliphatic rings. The predicted octanol–water partition coefficient (Wildman–Crippen LogP) is 2.64. The van der Waals surface area contributed by atoms with Crippen molar-refractivity contribution < 1.29 is 28.3 Å². The van der Waals surface area contributed by atoms with E-state index in [1.807, 2.05) is 6.92 Å². The molecular formula is C24H28N4O6. The lowest BCUT2D eigenvalue weighted by molar-refractivity contribution is -0.149. The number of amidine groups is 1. The molecule has 0 bridgehead atoms. The largest absolute Gasteiger partial charge is 0.466 e. The molecule has 4 rings (SSSR count). The Balaban J connectivity index is 1.28. The fourth-order valence-corrected chi connectivity index (χ4v) is 4.19. The molecule has 2 aromatic rings. The van der Waals surface area contributed by atoms with Crippen molar-refractivity contribution in [1.29, 1.82) is 5.41 Å². The lowest BCUT2D eigenvalue weighted by Crippen LogP contribution is -2.41. The van der Waals surface area contributed by atoms with Gasteiger partial charge in [-0.25, -0.2) is 4.79 Å². The topological polar surface area (TPSA) is 125 Å². The molecule has 0 aliphatic carbocycles. The fourth-order valence-electron chi connectivity index (χ4n) is 4.19. The predicted molar refractivity (Wildman–Crippen MR) is 123 cm³/mol. The number of hydrogen-bond acceptors (Lipinski definition) is 8. The Morgan fingerprint density at radius 3 is 2.56 bits per heavy atom. The Morgan fingerprint density at radius 1 is 1.18 bits per heavy atom. The molecule has 1 aromatic carbocycles. The number of furan rings is 1. The highest BCUT2D eigenvalue weighted by atomic mass is 16.6. The van der Waals surface area contributed by atoms with Gasteiger partial charge in [0, 0.05) is 17.8 Å². The van der Waals surface area contributed by atoms with Gasteiger partial charge in [0.15, 0.2) is 5.76 Å². The molecule has 10 nitrogen and oxygen atoms in total. The van der Waals surface area contributed by atoms with Crippen LogP contribution in [0.25, 0.3) is 0 Å². The summed E-state index contributed by atoms with van der Waals surface area (Å²) in [6.07, 6.45) is 2.19. The van der Waals surface area contributed by atoms with Gasteiger partial charge in [-0.2, -0.15) is 0 Å². The first-order chi connectivity index (χ1) is 16.4. The van der Waals surface area contributed by atoms with Crippen LogP contribution in [0.15, 0.2) is 47.1 Å². The molecule has 0 spiro atoms. The van der Waals surface area contributed by atoms with Crippen LogP contribution in [0.4, 0.5) is 10.5 Å². The van der Waals surface area contributed by atoms with Crippen LogP contribution in [0, 0.1) is 11.3 Å². The molecule has 0 saturated carbocycles. The molecule has 10 heteroatoms. The van der Waals surface area contributed by atoms with Crippen LogP contribution in [0.1, 0.15) is 35.9 Å². The average Bonchev–Trinajstić information content (AvgIpc) is 3.50. The smallest absolute Gasteiger partial charge is 0.414 e. The van der Waals surface area contributed by atoms with Gasteiger partial charge in [0.2, 0.25) is 0 Å². The Hall–Kier alpha value is -3.66. The van der Waals surface area contributed by atoms with E-state index < -0.39 is 12.0 Å². The van der Waals surface area contributed by atoms with E-state index in [4.69, 9.17) is 19.3 Å². The van der Waals surface area contributed by atoms with Crippen LogP contribution in [0.2, 0.25) is 0 Å². The van der Waals surface area contributed by atoms with E-state index in [1.54, 1.807) is 35.2 Å². The SMILES string of the molecule is CCOC(=O)C1CCN(CC2CN(c3ccc(C(=N)NC(=O)c4ccco4)cc3)C(=O)O2)CC1. The van der Waals surface area contributed by atoms with E-state index in [-0.39, 0.29) is 29.6 Å². The number of hydrogen-bond donors (Lipinski definition) is 2. The third kappa shape index (κ3) is 5.45. The van der Waals surface area contributed by atoms with Crippen molar-refractivity contribution in [3.8, 4) is 0 Å². The average molecular weight is 469 g/mol. The molecule has 2 fully saturated rings. The number of carbonyl (C=O) groups excluding carboxylic acids is 3. The number of cyclic esters (lactones) is 1. The number of nitrogens with one attached hydrogen (secondary N) is 2. The van der Waals surface area contributed by atoms with Crippen LogP contribution in [-0.4, -0.2) is 67.6 Å². The number of amides is 2. The quantitative estimate of drug-likeness (QED) is 0.363. The summed E-state index contributed by atoms with van der Waals surface area (Å²) in [7, 11) is 0. The van der Waals surface area contributed by atoms with Crippen molar-refractivity contribution in [2.75, 3.05) is 37.7 Å². The van der Waals surface area contributed by atoms with Gasteiger partial charge >= 0.3 is 12.1 Å². The molecule has 180 valence electrons. The second-order valence-corrected chi connectivity index (χ2v) is 8.30. The van der Waals surface area contributed by atoms with E-state index in [2.05, 4.69) is 10.2 Å². The third-order valence-corrected chi connectivity index (χ3v) is 5.99. The summed E-state index contributed by atoms with van der Waals surface area (Å²) < 4.78 is 15.7. The normalized spacial score (nSPS) is 19.0. The van der Waals surface area contributed by atoms with Crippen molar-refractivity contribution in [3.05, 3.63) is 54.0 Å². The Morgan fingerprint density at radius 2 is 1.91 bits per heavy atom. The Bertz CT molecular complexity index is 1030. The van der Waals surface area contributed by atoms with Gasteiger partial charge in [-0.1, -0.05) is 0 Å². The van der Waals surface area contributed by atoms with Gasteiger partial charge in [0.25, 0.3) is 5.91 Å². The van der Waals surface area contributed by atoms with Crippen LogP contribution in [0.5, 0.6) is 0 Å². The molecule has 1 atom stereocenters. The number of ether oxygens (including phenoxy) is 2. The zero-order valence-electron chi connectivity index (χ0n) is 19.0. The summed E-state index contributed by atoms with van der Waals surface area (Å²) in [4.78, 5) is 40.2. The van der Waals surface area contributed by atoms with Gasteiger partial charge in [0.05, 0.1) is 25.3 Å². The highest BCUT2D eigenvalue weighted by Crippen LogP contribution is 2.24. The zero-order valence-corrected chi connectivity index (χ0v) is 19.0. The fraction of sp³-hybridized carbons (Fsp3) is 0.417. The summed E-state index contributed by atoms with van der Waals surface area (Å²) in [5, 5.41) is 10.6. The second kappa shape index (κ2) is 10.5. The van der Waals surface area contributed by atoms with Crippen LogP contribution in [-0.2, 0) is 14.3 Å². The minimum atomic E-state index is -0.503. The van der Waals surface area contributed by atoms with Gasteiger partial charge in [0.1, 0.15) is 11.9 Å². The molecule has 1 unspecified atom stereocenters. The number of anilines is 1. The van der Waals surface area contributed by atoms with Crippen LogP contribution >= 0.6 is 0 Å². The van der Waals surface area contributed by atoms with Crippen LogP contribution in [0.3, 0.4) is 0 Å². The summed E-state index contributed by atoms with van der Waals surface area (Å²) in [6.45, 7) is 4.76. The van der Waals surface area contributed by atoms with E-state index >= 15 is 0 Å². The van der Waals surface area contributed by atoms with E-state index in [1.165, 1.54) is 12.3 Å². The standard InChI is InChI=1S/C24H28N4O6/c1-2-32-23(30)17-9-11-27(12-10-17)14-19-15-28(24(31)34-19)18-7-5-16(6-8-18)21(25)26-22(29)20-4-3-13-33-20/h3-8,13,17,19H,2,9-12,14-15H2,1H3,(H2,25,26,29). The number of esters is 1. The van der Waals surface area contributed by atoms with E-state index in [9.17, 15) is 14.4 Å². The first-order valence-electron chi connectivity index (χ1n) is 11.4. The molecule has 1 aromatic heterocycles. The number of benzene rings is 1. The zero-order chi connectivity index (χ0) is 24.1. The molecule has 2 N–H and O–H groups in total. The minimum absolute atomic E-state index is 0.0556. The first kappa shape index (κ1) is 23.5. The number of likely N-dealkylation sites (tertiary alicyclic amines) is 1. The Kier molecular flexibility index (Phi) is 7.27. The van der Waals surface area contributed by atoms with Gasteiger partial charge in [-0.05, 0) is 69.3 Å². The molecular weight excluding hydrogens is 440 g/mol. The van der Waals surface area contributed by atoms with Crippen molar-refractivity contribution in [3.63, 3.8) is 0 Å². The van der Waals surface area contributed by atoms with E-state index in [0.29, 0.717) is 30.9 Å². The first-order valence-corrected chi connectivity index (χ1v) is 11.4. The molecule has 0 radical (unpaired) electrons. The van der Waals surface area contributed by atoms with Gasteiger partial charge < -0.3 is 19.2 Å². The van der Waals surface area contributed by atoms with Crippen molar-refractivity contribution in [2.24, 2.45) is 5.92 Å². The van der Waals surface area contributed by atoms with Crippen molar-refractivity contribution in [2.45, 2.75) is 25.9 Å². The summed E-state index contributed by atoms with van der Waals surface area (Å²) in [6, 6.07) is 9.89. The molecule has 34 heavy (non-hydrogen) atoms. The molecule has 3 heterocycles. The number of nitrogens with zero attached hydrogens (tertiary/aromatic N) is 2. The second-order valence-electron chi connectivity index (χ2n) is 8.30. The van der Waals surface area contributed by atoms with E-state index in [0.717, 1.165) is 25.9 Å². The highest BCUT2D eigenvalue weighted by Gasteiger charge is 2.35. The maximum Gasteiger partial charge on any atom is 0.414 e. The van der Waals surface area contributed by atoms with Crippen molar-refractivity contribution >= 4 is 29.5 Å². The molecule has 2 saturated heterocycles. The maximum atomic E-state index is 12.5. The maximum absolute atomic E-state index is 12.5. The lowest BCUT2D eigenvalue weighted by Gasteiger charge is -2.31. The summed E-state index contributed by atoms with van der Waals surface area (Å²) in [5.41, 5.74) is 1.15. The summed E-state index contributed by atoms with van der Waals surface area (Å²) in [5.74, 6) is -0.632. The van der Waals surface area contributed by atoms with Gasteiger partial charge in [-0.3, -0.25) is 24.8 Å². The number of rotatable bonds is 7. The Labute approximate surface area is 197 Å². The van der Waals surface area contributed by atoms with Crippen LogP contribution < -0.4 is 10.2 Å². The molecule has 2 amide bonds.